The van der Waals surface area contributed by atoms with Crippen molar-refractivity contribution in [1.29, 1.82) is 0 Å². The topological polar surface area (TPSA) is 25.4 Å². The zero-order valence-electron chi connectivity index (χ0n) is 14.1. The fraction of sp³-hybridized carbons (Fsp3) is 0.278. The summed E-state index contributed by atoms with van der Waals surface area (Å²) in [5, 5.41) is 0.974. The van der Waals surface area contributed by atoms with E-state index in [1.165, 1.54) is 0 Å². The molecular formula is C18H21FN2OS2. The number of anilines is 1. The van der Waals surface area contributed by atoms with Crippen molar-refractivity contribution >= 4 is 34.3 Å². The molecule has 0 aliphatic heterocycles. The van der Waals surface area contributed by atoms with Crippen LogP contribution in [0.25, 0.3) is 6.08 Å². The van der Waals surface area contributed by atoms with Crippen molar-refractivity contribution in [3.05, 3.63) is 52.4 Å². The Hall–Kier alpha value is -1.79. The van der Waals surface area contributed by atoms with E-state index < -0.39 is 6.67 Å². The number of alkyl halides is 1. The molecular weight excluding hydrogens is 343 g/mol. The SMILES string of the molecule is C=C(/C=C/c1cnc(N(C)C)s1)Sc1cc(OCCF)ccc1C. The van der Waals surface area contributed by atoms with Gasteiger partial charge in [0.25, 0.3) is 0 Å². The van der Waals surface area contributed by atoms with Gasteiger partial charge in [0.05, 0.1) is 0 Å². The molecule has 128 valence electrons. The van der Waals surface area contributed by atoms with Crippen molar-refractivity contribution < 1.29 is 9.13 Å². The van der Waals surface area contributed by atoms with Gasteiger partial charge in [-0.1, -0.05) is 35.7 Å². The molecule has 0 bridgehead atoms. The lowest BCUT2D eigenvalue weighted by Crippen LogP contribution is -2.07. The van der Waals surface area contributed by atoms with E-state index in [4.69, 9.17) is 4.74 Å². The van der Waals surface area contributed by atoms with Crippen LogP contribution in [-0.4, -0.2) is 32.4 Å². The van der Waals surface area contributed by atoms with Crippen LogP contribution in [0.5, 0.6) is 5.75 Å². The van der Waals surface area contributed by atoms with E-state index in [9.17, 15) is 4.39 Å². The van der Waals surface area contributed by atoms with E-state index in [0.717, 1.165) is 25.4 Å². The van der Waals surface area contributed by atoms with Crippen LogP contribution in [-0.2, 0) is 0 Å². The Morgan fingerprint density at radius 3 is 2.92 bits per heavy atom. The van der Waals surface area contributed by atoms with E-state index in [2.05, 4.69) is 11.6 Å². The fourth-order valence-electron chi connectivity index (χ4n) is 1.85. The Bertz CT molecular complexity index is 726. The van der Waals surface area contributed by atoms with Gasteiger partial charge in [-0.2, -0.15) is 0 Å². The molecule has 3 nitrogen and oxygen atoms in total. The highest BCUT2D eigenvalue weighted by molar-refractivity contribution is 8.03. The zero-order valence-corrected chi connectivity index (χ0v) is 15.7. The second-order valence-electron chi connectivity index (χ2n) is 5.31. The number of benzene rings is 1. The van der Waals surface area contributed by atoms with Gasteiger partial charge >= 0.3 is 0 Å². The average molecular weight is 365 g/mol. The molecule has 1 heterocycles. The van der Waals surface area contributed by atoms with Gasteiger partial charge in [0, 0.05) is 35.0 Å². The summed E-state index contributed by atoms with van der Waals surface area (Å²) >= 11 is 3.20. The largest absolute Gasteiger partial charge is 0.491 e. The average Bonchev–Trinajstić information content (AvgIpc) is 3.03. The first-order valence-corrected chi connectivity index (χ1v) is 9.10. The first-order chi connectivity index (χ1) is 11.5. The molecule has 6 heteroatoms. The quantitative estimate of drug-likeness (QED) is 0.476. The molecule has 0 aliphatic carbocycles. The van der Waals surface area contributed by atoms with Crippen LogP contribution in [0.4, 0.5) is 9.52 Å². The van der Waals surface area contributed by atoms with Crippen LogP contribution in [0.1, 0.15) is 10.4 Å². The smallest absolute Gasteiger partial charge is 0.185 e. The van der Waals surface area contributed by atoms with Gasteiger partial charge in [-0.3, -0.25) is 0 Å². The van der Waals surface area contributed by atoms with E-state index in [1.54, 1.807) is 23.1 Å². The molecule has 0 saturated heterocycles. The third-order valence-electron chi connectivity index (χ3n) is 3.07. The minimum absolute atomic E-state index is 0.0770. The molecule has 24 heavy (non-hydrogen) atoms. The number of rotatable bonds is 8. The number of aryl methyl sites for hydroxylation is 1. The third kappa shape index (κ3) is 5.39. The molecule has 0 amide bonds. The molecule has 0 unspecified atom stereocenters. The molecule has 2 rings (SSSR count). The maximum atomic E-state index is 12.2. The number of ether oxygens (including phenoxy) is 1. The summed E-state index contributed by atoms with van der Waals surface area (Å²) in [6, 6.07) is 5.75. The molecule has 0 atom stereocenters. The van der Waals surface area contributed by atoms with Crippen LogP contribution in [0, 0.1) is 6.92 Å². The Labute approximate surface area is 150 Å². The van der Waals surface area contributed by atoms with Crippen molar-refractivity contribution in [2.75, 3.05) is 32.3 Å². The summed E-state index contributed by atoms with van der Waals surface area (Å²) in [6.45, 7) is 5.71. The summed E-state index contributed by atoms with van der Waals surface area (Å²) < 4.78 is 17.6. The second-order valence-corrected chi connectivity index (χ2v) is 7.52. The van der Waals surface area contributed by atoms with Crippen molar-refractivity contribution in [1.82, 2.24) is 4.98 Å². The molecule has 0 N–H and O–H groups in total. The van der Waals surface area contributed by atoms with Gasteiger partial charge in [0.1, 0.15) is 19.0 Å². The number of halogens is 1. The summed E-state index contributed by atoms with van der Waals surface area (Å²) in [4.78, 5) is 9.38. The molecule has 2 aromatic rings. The minimum Gasteiger partial charge on any atom is -0.491 e. The van der Waals surface area contributed by atoms with Crippen molar-refractivity contribution in [2.45, 2.75) is 11.8 Å². The molecule has 1 aromatic carbocycles. The van der Waals surface area contributed by atoms with Crippen LogP contribution in [0.3, 0.4) is 0 Å². The summed E-state index contributed by atoms with van der Waals surface area (Å²) in [5.74, 6) is 0.676. The van der Waals surface area contributed by atoms with Crippen LogP contribution in [0.15, 0.2) is 46.9 Å². The van der Waals surface area contributed by atoms with E-state index in [-0.39, 0.29) is 6.61 Å². The van der Waals surface area contributed by atoms with Crippen molar-refractivity contribution in [2.24, 2.45) is 0 Å². The predicted molar refractivity (Wildman–Crippen MR) is 103 cm³/mol. The predicted octanol–water partition coefficient (Wildman–Crippen LogP) is 5.19. The van der Waals surface area contributed by atoms with Crippen LogP contribution < -0.4 is 9.64 Å². The molecule has 0 aliphatic rings. The van der Waals surface area contributed by atoms with Gasteiger partial charge in [-0.15, -0.1) is 0 Å². The van der Waals surface area contributed by atoms with Gasteiger partial charge in [-0.25, -0.2) is 9.37 Å². The number of aromatic nitrogens is 1. The lowest BCUT2D eigenvalue weighted by atomic mass is 10.2. The second kappa shape index (κ2) is 8.89. The highest BCUT2D eigenvalue weighted by Gasteiger charge is 2.05. The van der Waals surface area contributed by atoms with E-state index >= 15 is 0 Å². The van der Waals surface area contributed by atoms with Crippen LogP contribution >= 0.6 is 23.1 Å². The summed E-state index contributed by atoms with van der Waals surface area (Å²) in [6.07, 6.45) is 5.84. The van der Waals surface area contributed by atoms with E-state index in [1.807, 2.05) is 62.5 Å². The van der Waals surface area contributed by atoms with E-state index in [0.29, 0.717) is 5.75 Å². The number of hydrogen-bond donors (Lipinski definition) is 0. The molecule has 0 saturated carbocycles. The number of thiazole rings is 1. The molecule has 0 spiro atoms. The Kier molecular flexibility index (Phi) is 6.87. The van der Waals surface area contributed by atoms with Gasteiger partial charge in [0.15, 0.2) is 5.13 Å². The maximum absolute atomic E-state index is 12.2. The number of nitrogens with zero attached hydrogens (tertiary/aromatic N) is 2. The molecule has 1 aromatic heterocycles. The van der Waals surface area contributed by atoms with Gasteiger partial charge < -0.3 is 9.64 Å². The minimum atomic E-state index is -0.490. The zero-order chi connectivity index (χ0) is 17.5. The van der Waals surface area contributed by atoms with Crippen molar-refractivity contribution in [3.8, 4) is 5.75 Å². The lowest BCUT2D eigenvalue weighted by molar-refractivity contribution is 0.273. The lowest BCUT2D eigenvalue weighted by Gasteiger charge is -2.09. The van der Waals surface area contributed by atoms with Gasteiger partial charge in [0.2, 0.25) is 0 Å². The standard InChI is InChI=1S/C18H21FN2OS2/c1-13-5-7-15(22-10-9-19)11-17(13)23-14(2)6-8-16-12-20-18(24-16)21(3)4/h5-8,11-12H,2,9-10H2,1,3-4H3/b8-6+. The number of allylic oxidation sites excluding steroid dienone is 1. The van der Waals surface area contributed by atoms with Gasteiger partial charge in [-0.05, 0) is 36.8 Å². The molecule has 0 radical (unpaired) electrons. The first-order valence-electron chi connectivity index (χ1n) is 7.47. The Morgan fingerprint density at radius 2 is 2.25 bits per heavy atom. The number of thioether (sulfide) groups is 1. The third-order valence-corrected chi connectivity index (χ3v) is 5.26. The Balaban J connectivity index is 2.01. The monoisotopic (exact) mass is 364 g/mol. The fourth-order valence-corrected chi connectivity index (χ4v) is 3.41. The highest BCUT2D eigenvalue weighted by Crippen LogP contribution is 2.33. The Morgan fingerprint density at radius 1 is 1.46 bits per heavy atom. The normalized spacial score (nSPS) is 11.0. The van der Waals surface area contributed by atoms with Crippen LogP contribution in [0.2, 0.25) is 0 Å². The summed E-state index contributed by atoms with van der Waals surface area (Å²) in [5.41, 5.74) is 1.13. The van der Waals surface area contributed by atoms with Crippen molar-refractivity contribution in [3.63, 3.8) is 0 Å². The maximum Gasteiger partial charge on any atom is 0.185 e. The number of hydrogen-bond acceptors (Lipinski definition) is 5. The summed E-state index contributed by atoms with van der Waals surface area (Å²) in [7, 11) is 3.95. The first kappa shape index (κ1) is 18.5. The molecule has 0 fully saturated rings. The highest BCUT2D eigenvalue weighted by atomic mass is 32.2.